The van der Waals surface area contributed by atoms with Crippen LogP contribution in [0.5, 0.6) is 0 Å². The lowest BCUT2D eigenvalue weighted by molar-refractivity contribution is -0.141. The van der Waals surface area contributed by atoms with Gasteiger partial charge in [0.25, 0.3) is 0 Å². The van der Waals surface area contributed by atoms with Crippen LogP contribution in [0.3, 0.4) is 0 Å². The van der Waals surface area contributed by atoms with Crippen LogP contribution in [0.4, 0.5) is 13.2 Å². The molecule has 0 bridgehead atoms. The molecule has 0 aliphatic carbocycles. The number of pyridine rings is 3. The maximum absolute atomic E-state index is 12.9. The Labute approximate surface area is 170 Å². The van der Waals surface area contributed by atoms with Crippen molar-refractivity contribution in [1.29, 1.82) is 5.26 Å². The average Bonchev–Trinajstić information content (AvgIpc) is 3.13. The van der Waals surface area contributed by atoms with Gasteiger partial charge < -0.3 is 4.57 Å². The van der Waals surface area contributed by atoms with Gasteiger partial charge in [0.1, 0.15) is 16.9 Å². The van der Waals surface area contributed by atoms with Crippen LogP contribution >= 0.6 is 0 Å². The third-order valence-electron chi connectivity index (χ3n) is 4.78. The van der Waals surface area contributed by atoms with Gasteiger partial charge in [0.05, 0.1) is 17.5 Å². The van der Waals surface area contributed by atoms with Gasteiger partial charge in [-0.15, -0.1) is 0 Å². The summed E-state index contributed by atoms with van der Waals surface area (Å²) in [5, 5.41) is 10.5. The molecular formula is C22H16F3N5. The summed E-state index contributed by atoms with van der Waals surface area (Å²) >= 11 is 0. The fourth-order valence-corrected chi connectivity index (χ4v) is 3.31. The number of halogens is 3. The number of hydrogen-bond donors (Lipinski definition) is 0. The van der Waals surface area contributed by atoms with Crippen LogP contribution in [-0.4, -0.2) is 19.5 Å². The Morgan fingerprint density at radius 2 is 1.70 bits per heavy atom. The van der Waals surface area contributed by atoms with Gasteiger partial charge in [0, 0.05) is 35.1 Å². The zero-order valence-electron chi connectivity index (χ0n) is 16.1. The molecule has 0 radical (unpaired) electrons. The second-order valence-electron chi connectivity index (χ2n) is 7.32. The van der Waals surface area contributed by atoms with Gasteiger partial charge >= 0.3 is 6.18 Å². The first kappa shape index (κ1) is 19.6. The molecule has 5 nitrogen and oxygen atoms in total. The summed E-state index contributed by atoms with van der Waals surface area (Å²) in [6.45, 7) is 3.45. The van der Waals surface area contributed by atoms with Gasteiger partial charge in [0.15, 0.2) is 0 Å². The number of rotatable bonds is 3. The van der Waals surface area contributed by atoms with Crippen LogP contribution < -0.4 is 0 Å². The number of aromatic nitrogens is 4. The molecule has 8 heteroatoms. The van der Waals surface area contributed by atoms with E-state index in [0.29, 0.717) is 16.9 Å². The van der Waals surface area contributed by atoms with Crippen molar-refractivity contribution in [1.82, 2.24) is 19.5 Å². The predicted molar refractivity (Wildman–Crippen MR) is 106 cm³/mol. The van der Waals surface area contributed by atoms with E-state index in [9.17, 15) is 18.4 Å². The monoisotopic (exact) mass is 407 g/mol. The van der Waals surface area contributed by atoms with Crippen molar-refractivity contribution in [2.45, 2.75) is 25.6 Å². The lowest BCUT2D eigenvalue weighted by Crippen LogP contribution is -2.25. The molecule has 0 atom stereocenters. The summed E-state index contributed by atoms with van der Waals surface area (Å²) in [6.07, 6.45) is 0.00313. The number of hydrogen-bond acceptors (Lipinski definition) is 4. The summed E-state index contributed by atoms with van der Waals surface area (Å²) in [5.41, 5.74) is 1.16. The number of alkyl halides is 3. The van der Waals surface area contributed by atoms with E-state index in [1.807, 2.05) is 24.3 Å². The maximum Gasteiger partial charge on any atom is 0.433 e. The Balaban J connectivity index is 1.92. The van der Waals surface area contributed by atoms with E-state index in [1.165, 1.54) is 12.3 Å². The first-order valence-corrected chi connectivity index (χ1v) is 9.09. The molecule has 0 aromatic carbocycles. The highest BCUT2D eigenvalue weighted by Gasteiger charge is 2.32. The van der Waals surface area contributed by atoms with Crippen molar-refractivity contribution < 1.29 is 13.2 Å². The fourth-order valence-electron chi connectivity index (χ4n) is 3.31. The van der Waals surface area contributed by atoms with E-state index in [0.717, 1.165) is 22.7 Å². The van der Waals surface area contributed by atoms with Gasteiger partial charge in [-0.05, 0) is 50.2 Å². The molecule has 0 unspecified atom stereocenters. The van der Waals surface area contributed by atoms with E-state index in [4.69, 9.17) is 0 Å². The predicted octanol–water partition coefficient (Wildman–Crippen LogP) is 5.44. The van der Waals surface area contributed by atoms with Crippen LogP contribution in [0.25, 0.3) is 33.5 Å². The second-order valence-corrected chi connectivity index (χ2v) is 7.32. The molecule has 4 aromatic rings. The SMILES string of the molecule is CC(C)(C#N)n1c(-c2ccc(C(F)(F)F)nc2)cc2cc(-c3ccccn3)cnc21. The first-order valence-electron chi connectivity index (χ1n) is 9.09. The van der Waals surface area contributed by atoms with Crippen molar-refractivity contribution in [3.63, 3.8) is 0 Å². The van der Waals surface area contributed by atoms with Gasteiger partial charge in [-0.3, -0.25) is 9.97 Å². The minimum absolute atomic E-state index is 0.462. The lowest BCUT2D eigenvalue weighted by Gasteiger charge is -2.22. The molecule has 0 saturated carbocycles. The smallest absolute Gasteiger partial charge is 0.307 e. The van der Waals surface area contributed by atoms with Crippen molar-refractivity contribution in [3.05, 3.63) is 66.7 Å². The highest BCUT2D eigenvalue weighted by Crippen LogP contribution is 2.35. The number of nitrogens with zero attached hydrogens (tertiary/aromatic N) is 5. The molecule has 0 spiro atoms. The molecule has 0 amide bonds. The number of nitriles is 1. The molecule has 0 N–H and O–H groups in total. The molecule has 0 saturated heterocycles. The van der Waals surface area contributed by atoms with E-state index in [-0.39, 0.29) is 0 Å². The second kappa shape index (κ2) is 6.95. The van der Waals surface area contributed by atoms with Gasteiger partial charge in [0.2, 0.25) is 0 Å². The van der Waals surface area contributed by atoms with Crippen LogP contribution in [0.15, 0.2) is 61.1 Å². The van der Waals surface area contributed by atoms with E-state index in [1.54, 1.807) is 36.9 Å². The Kier molecular flexibility index (Phi) is 4.54. The van der Waals surface area contributed by atoms with Crippen LogP contribution in [0.1, 0.15) is 19.5 Å². The minimum atomic E-state index is -4.52. The highest BCUT2D eigenvalue weighted by atomic mass is 19.4. The van der Waals surface area contributed by atoms with Crippen molar-refractivity contribution in [2.75, 3.05) is 0 Å². The third-order valence-corrected chi connectivity index (χ3v) is 4.78. The van der Waals surface area contributed by atoms with Crippen LogP contribution in [0, 0.1) is 11.3 Å². The third kappa shape index (κ3) is 3.39. The minimum Gasteiger partial charge on any atom is -0.307 e. The summed E-state index contributed by atoms with van der Waals surface area (Å²) in [7, 11) is 0. The molecular weight excluding hydrogens is 391 g/mol. The number of fused-ring (bicyclic) bond motifs is 1. The molecule has 0 fully saturated rings. The Morgan fingerprint density at radius 1 is 0.933 bits per heavy atom. The Morgan fingerprint density at radius 3 is 2.30 bits per heavy atom. The molecule has 4 aromatic heterocycles. The maximum atomic E-state index is 12.9. The average molecular weight is 407 g/mol. The van der Waals surface area contributed by atoms with Crippen molar-refractivity contribution >= 4 is 11.0 Å². The first-order chi connectivity index (χ1) is 14.2. The molecule has 0 aliphatic heterocycles. The Bertz CT molecular complexity index is 1250. The molecule has 4 heterocycles. The lowest BCUT2D eigenvalue weighted by atomic mass is 10.1. The highest BCUT2D eigenvalue weighted by molar-refractivity contribution is 5.87. The zero-order chi connectivity index (χ0) is 21.5. The van der Waals surface area contributed by atoms with Gasteiger partial charge in [-0.1, -0.05) is 6.07 Å². The summed E-state index contributed by atoms with van der Waals surface area (Å²) in [6, 6.07) is 13.8. The molecule has 150 valence electrons. The van der Waals surface area contributed by atoms with Crippen molar-refractivity contribution in [3.8, 4) is 28.6 Å². The van der Waals surface area contributed by atoms with E-state index < -0.39 is 17.4 Å². The molecule has 30 heavy (non-hydrogen) atoms. The van der Waals surface area contributed by atoms with E-state index >= 15 is 0 Å². The Hall–Kier alpha value is -3.73. The largest absolute Gasteiger partial charge is 0.433 e. The van der Waals surface area contributed by atoms with Crippen molar-refractivity contribution in [2.24, 2.45) is 0 Å². The van der Waals surface area contributed by atoms with Crippen LogP contribution in [0.2, 0.25) is 0 Å². The summed E-state index contributed by atoms with van der Waals surface area (Å²) in [5.74, 6) is 0. The summed E-state index contributed by atoms with van der Waals surface area (Å²) in [4.78, 5) is 12.4. The molecule has 0 aliphatic rings. The standard InChI is InChI=1S/C22H16F3N5/c1-21(2,13-26)30-18(14-6-7-19(28-11-14)22(23,24)25)10-15-9-16(12-29-20(15)30)17-5-3-4-8-27-17/h3-12H,1-2H3. The quantitative estimate of drug-likeness (QED) is 0.454. The van der Waals surface area contributed by atoms with Gasteiger partial charge in [-0.25, -0.2) is 4.98 Å². The normalized spacial score (nSPS) is 12.1. The summed E-state index contributed by atoms with van der Waals surface area (Å²) < 4.78 is 40.4. The van der Waals surface area contributed by atoms with E-state index in [2.05, 4.69) is 21.0 Å². The fraction of sp³-hybridized carbons (Fsp3) is 0.182. The van der Waals surface area contributed by atoms with Gasteiger partial charge in [-0.2, -0.15) is 18.4 Å². The topological polar surface area (TPSA) is 67.4 Å². The zero-order valence-corrected chi connectivity index (χ0v) is 16.1. The van der Waals surface area contributed by atoms with Crippen LogP contribution in [-0.2, 0) is 11.7 Å². The molecule has 4 rings (SSSR count).